The molecule has 2 amide bonds. The van der Waals surface area contributed by atoms with Gasteiger partial charge in [-0.05, 0) is 31.0 Å². The lowest BCUT2D eigenvalue weighted by molar-refractivity contribution is -0.121. The van der Waals surface area contributed by atoms with Crippen molar-refractivity contribution in [2.75, 3.05) is 5.32 Å². The third kappa shape index (κ3) is 6.71. The Kier molecular flexibility index (Phi) is 7.07. The lowest BCUT2D eigenvalue weighted by Crippen LogP contribution is -2.35. The SMILES string of the molecule is CCCC(=O)Nc1ccc(CC(=O)N[C@H](C)Cc2cnccn2)cc1. The zero-order valence-electron chi connectivity index (χ0n) is 14.7. The molecule has 0 radical (unpaired) electrons. The van der Waals surface area contributed by atoms with Gasteiger partial charge in [0.15, 0.2) is 0 Å². The molecule has 2 aromatic rings. The highest BCUT2D eigenvalue weighted by molar-refractivity contribution is 5.90. The summed E-state index contributed by atoms with van der Waals surface area (Å²) in [6.07, 6.45) is 7.24. The molecular formula is C19H24N4O2. The molecule has 0 bridgehead atoms. The molecule has 0 fully saturated rings. The third-order valence-corrected chi connectivity index (χ3v) is 3.62. The summed E-state index contributed by atoms with van der Waals surface area (Å²) in [5.74, 6) is -0.0370. The second-order valence-electron chi connectivity index (χ2n) is 6.04. The molecule has 1 atom stereocenters. The topological polar surface area (TPSA) is 84.0 Å². The number of rotatable bonds is 8. The predicted molar refractivity (Wildman–Crippen MR) is 97.0 cm³/mol. The number of carbonyl (C=O) groups excluding carboxylic acids is 2. The van der Waals surface area contributed by atoms with Crippen molar-refractivity contribution in [3.8, 4) is 0 Å². The highest BCUT2D eigenvalue weighted by Crippen LogP contribution is 2.11. The van der Waals surface area contributed by atoms with Gasteiger partial charge < -0.3 is 10.6 Å². The summed E-state index contributed by atoms with van der Waals surface area (Å²) in [6, 6.07) is 7.33. The van der Waals surface area contributed by atoms with Crippen LogP contribution >= 0.6 is 0 Å². The molecule has 0 spiro atoms. The van der Waals surface area contributed by atoms with E-state index in [-0.39, 0.29) is 17.9 Å². The number of anilines is 1. The Hall–Kier alpha value is -2.76. The van der Waals surface area contributed by atoms with Crippen molar-refractivity contribution in [3.05, 3.63) is 54.1 Å². The molecule has 132 valence electrons. The second-order valence-corrected chi connectivity index (χ2v) is 6.04. The molecule has 0 unspecified atom stereocenters. The predicted octanol–water partition coefficient (Wildman–Crippen LogP) is 2.51. The van der Waals surface area contributed by atoms with Crippen LogP contribution in [0.25, 0.3) is 0 Å². The van der Waals surface area contributed by atoms with Gasteiger partial charge in [0.2, 0.25) is 11.8 Å². The quantitative estimate of drug-likeness (QED) is 0.773. The van der Waals surface area contributed by atoms with Gasteiger partial charge in [0.25, 0.3) is 0 Å². The van der Waals surface area contributed by atoms with Crippen molar-refractivity contribution in [3.63, 3.8) is 0 Å². The number of nitrogens with zero attached hydrogens (tertiary/aromatic N) is 2. The van der Waals surface area contributed by atoms with Crippen molar-refractivity contribution in [1.82, 2.24) is 15.3 Å². The van der Waals surface area contributed by atoms with Crippen LogP contribution in [0.1, 0.15) is 37.9 Å². The Balaban J connectivity index is 1.80. The number of aromatic nitrogens is 2. The molecule has 0 aliphatic rings. The van der Waals surface area contributed by atoms with Gasteiger partial charge in [0, 0.05) is 43.2 Å². The summed E-state index contributed by atoms with van der Waals surface area (Å²) in [4.78, 5) is 31.9. The van der Waals surface area contributed by atoms with E-state index in [0.29, 0.717) is 19.3 Å². The molecule has 0 saturated heterocycles. The Labute approximate surface area is 148 Å². The Bertz CT molecular complexity index is 686. The van der Waals surface area contributed by atoms with Gasteiger partial charge in [-0.2, -0.15) is 0 Å². The summed E-state index contributed by atoms with van der Waals surface area (Å²) < 4.78 is 0. The van der Waals surface area contributed by atoms with Crippen molar-refractivity contribution in [1.29, 1.82) is 0 Å². The largest absolute Gasteiger partial charge is 0.353 e. The first kappa shape index (κ1) is 18.6. The van der Waals surface area contributed by atoms with Crippen LogP contribution in [0.5, 0.6) is 0 Å². The van der Waals surface area contributed by atoms with Crippen molar-refractivity contribution < 1.29 is 9.59 Å². The van der Waals surface area contributed by atoms with E-state index < -0.39 is 0 Å². The molecule has 6 nitrogen and oxygen atoms in total. The number of benzene rings is 1. The second kappa shape index (κ2) is 9.52. The van der Waals surface area contributed by atoms with Gasteiger partial charge in [-0.15, -0.1) is 0 Å². The van der Waals surface area contributed by atoms with E-state index in [2.05, 4.69) is 20.6 Å². The minimum Gasteiger partial charge on any atom is -0.353 e. The van der Waals surface area contributed by atoms with Gasteiger partial charge in [-0.1, -0.05) is 19.1 Å². The molecular weight excluding hydrogens is 316 g/mol. The van der Waals surface area contributed by atoms with E-state index >= 15 is 0 Å². The first-order valence-electron chi connectivity index (χ1n) is 8.50. The summed E-state index contributed by atoms with van der Waals surface area (Å²) in [7, 11) is 0. The molecule has 2 N–H and O–H groups in total. The van der Waals surface area contributed by atoms with Crippen LogP contribution in [0.4, 0.5) is 5.69 Å². The maximum Gasteiger partial charge on any atom is 0.224 e. The average molecular weight is 340 g/mol. The standard InChI is InChI=1S/C19H24N4O2/c1-3-4-18(24)23-16-7-5-15(6-8-16)12-19(25)22-14(2)11-17-13-20-9-10-21-17/h5-10,13-14H,3-4,11-12H2,1-2H3,(H,22,25)(H,23,24)/t14-/m1/s1. The Morgan fingerprint density at radius 3 is 2.52 bits per heavy atom. The van der Waals surface area contributed by atoms with Crippen molar-refractivity contribution in [2.24, 2.45) is 0 Å². The van der Waals surface area contributed by atoms with Gasteiger partial charge >= 0.3 is 0 Å². The zero-order valence-corrected chi connectivity index (χ0v) is 14.7. The minimum absolute atomic E-state index is 0.00540. The van der Waals surface area contributed by atoms with Crippen LogP contribution in [0, 0.1) is 0 Å². The molecule has 1 aromatic carbocycles. The van der Waals surface area contributed by atoms with E-state index in [1.807, 2.05) is 38.1 Å². The van der Waals surface area contributed by atoms with Crippen molar-refractivity contribution >= 4 is 17.5 Å². The fraction of sp³-hybridized carbons (Fsp3) is 0.368. The maximum absolute atomic E-state index is 12.1. The van der Waals surface area contributed by atoms with Crippen LogP contribution in [0.2, 0.25) is 0 Å². The highest BCUT2D eigenvalue weighted by atomic mass is 16.2. The van der Waals surface area contributed by atoms with Crippen LogP contribution in [0.3, 0.4) is 0 Å². The normalized spacial score (nSPS) is 11.6. The zero-order chi connectivity index (χ0) is 18.1. The van der Waals surface area contributed by atoms with Gasteiger partial charge in [0.05, 0.1) is 12.1 Å². The van der Waals surface area contributed by atoms with Gasteiger partial charge in [0.1, 0.15) is 0 Å². The van der Waals surface area contributed by atoms with E-state index in [0.717, 1.165) is 23.4 Å². The fourth-order valence-corrected chi connectivity index (χ4v) is 2.47. The minimum atomic E-state index is -0.0424. The van der Waals surface area contributed by atoms with Gasteiger partial charge in [-0.25, -0.2) is 0 Å². The summed E-state index contributed by atoms with van der Waals surface area (Å²) in [5, 5.41) is 5.79. The van der Waals surface area contributed by atoms with E-state index in [9.17, 15) is 9.59 Å². The van der Waals surface area contributed by atoms with Crippen molar-refractivity contribution in [2.45, 2.75) is 45.6 Å². The summed E-state index contributed by atoms with van der Waals surface area (Å²) in [6.45, 7) is 3.91. The molecule has 1 heterocycles. The molecule has 6 heteroatoms. The number of hydrogen-bond acceptors (Lipinski definition) is 4. The Morgan fingerprint density at radius 2 is 1.88 bits per heavy atom. The fourth-order valence-electron chi connectivity index (χ4n) is 2.47. The molecule has 2 rings (SSSR count). The number of hydrogen-bond donors (Lipinski definition) is 2. The molecule has 0 aliphatic carbocycles. The van der Waals surface area contributed by atoms with E-state index in [1.165, 1.54) is 0 Å². The summed E-state index contributed by atoms with van der Waals surface area (Å²) in [5.41, 5.74) is 2.50. The Morgan fingerprint density at radius 1 is 1.12 bits per heavy atom. The first-order valence-corrected chi connectivity index (χ1v) is 8.50. The van der Waals surface area contributed by atoms with E-state index in [4.69, 9.17) is 0 Å². The first-order chi connectivity index (χ1) is 12.1. The highest BCUT2D eigenvalue weighted by Gasteiger charge is 2.10. The van der Waals surface area contributed by atoms with Crippen LogP contribution in [0.15, 0.2) is 42.9 Å². The molecule has 25 heavy (non-hydrogen) atoms. The van der Waals surface area contributed by atoms with E-state index in [1.54, 1.807) is 18.6 Å². The molecule has 0 aliphatic heterocycles. The van der Waals surface area contributed by atoms with Crippen LogP contribution in [-0.4, -0.2) is 27.8 Å². The molecule has 1 aromatic heterocycles. The number of amides is 2. The number of carbonyl (C=O) groups is 2. The van der Waals surface area contributed by atoms with Gasteiger partial charge in [-0.3, -0.25) is 19.6 Å². The smallest absolute Gasteiger partial charge is 0.224 e. The van der Waals surface area contributed by atoms with Crippen LogP contribution in [-0.2, 0) is 22.4 Å². The molecule has 0 saturated carbocycles. The lowest BCUT2D eigenvalue weighted by Gasteiger charge is -2.13. The third-order valence-electron chi connectivity index (χ3n) is 3.62. The lowest BCUT2D eigenvalue weighted by atomic mass is 10.1. The maximum atomic E-state index is 12.1. The monoisotopic (exact) mass is 340 g/mol. The van der Waals surface area contributed by atoms with Crippen LogP contribution < -0.4 is 10.6 Å². The number of nitrogens with one attached hydrogen (secondary N) is 2. The summed E-state index contributed by atoms with van der Waals surface area (Å²) >= 11 is 0. The average Bonchev–Trinajstić information content (AvgIpc) is 2.57.